The number of nitrogens with one attached hydrogen (secondary N) is 1. The van der Waals surface area contributed by atoms with Crippen LogP contribution in [-0.2, 0) is 26.6 Å². The van der Waals surface area contributed by atoms with Crippen molar-refractivity contribution in [3.8, 4) is 0 Å². The Morgan fingerprint density at radius 2 is 1.76 bits per heavy atom. The number of likely N-dealkylation sites (N-methyl/N-ethyl adjacent to an activating group) is 1. The van der Waals surface area contributed by atoms with Gasteiger partial charge in [0.25, 0.3) is 0 Å². The van der Waals surface area contributed by atoms with Crippen LogP contribution in [0.3, 0.4) is 0 Å². The number of aromatic nitrogens is 2. The summed E-state index contributed by atoms with van der Waals surface area (Å²) in [6.45, 7) is 6.12. The maximum Gasteiger partial charge on any atom is 0.0534 e. The summed E-state index contributed by atoms with van der Waals surface area (Å²) in [5.41, 5.74) is 4.01. The first kappa shape index (κ1) is 15.7. The normalized spacial score (nSPS) is 11.2. The van der Waals surface area contributed by atoms with Crippen LogP contribution in [0.2, 0.25) is 0 Å². The Morgan fingerprint density at radius 1 is 1.10 bits per heavy atom. The first-order chi connectivity index (χ1) is 10.2. The summed E-state index contributed by atoms with van der Waals surface area (Å²) in [5.74, 6) is 0. The minimum atomic E-state index is 0.927. The number of aryl methyl sites for hydroxylation is 1. The fourth-order valence-electron chi connectivity index (χ4n) is 2.45. The Kier molecular flexibility index (Phi) is 5.96. The zero-order chi connectivity index (χ0) is 15.1. The van der Waals surface area contributed by atoms with Crippen molar-refractivity contribution in [2.75, 3.05) is 20.1 Å². The van der Waals surface area contributed by atoms with E-state index in [-0.39, 0.29) is 0 Å². The minimum Gasteiger partial charge on any atom is -0.317 e. The summed E-state index contributed by atoms with van der Waals surface area (Å²) in [4.78, 5) is 2.31. The monoisotopic (exact) mass is 286 g/mol. The smallest absolute Gasteiger partial charge is 0.0534 e. The highest BCUT2D eigenvalue weighted by atomic mass is 15.2. The standard InChI is InChI=1S/C17H26N4/c1-4-18-10-9-15-5-7-16(8-6-15)12-20(2)13-17-11-19-21(3)14-17/h5-8,11,14,18H,4,9-10,12-13H2,1-3H3. The molecular weight excluding hydrogens is 260 g/mol. The molecule has 4 heteroatoms. The van der Waals surface area contributed by atoms with Crippen LogP contribution in [0.15, 0.2) is 36.7 Å². The molecule has 0 amide bonds. The topological polar surface area (TPSA) is 33.1 Å². The zero-order valence-electron chi connectivity index (χ0n) is 13.3. The van der Waals surface area contributed by atoms with E-state index in [9.17, 15) is 0 Å². The van der Waals surface area contributed by atoms with Crippen molar-refractivity contribution in [2.24, 2.45) is 7.05 Å². The van der Waals surface area contributed by atoms with Gasteiger partial charge in [-0.15, -0.1) is 0 Å². The van der Waals surface area contributed by atoms with Gasteiger partial charge in [0.2, 0.25) is 0 Å². The van der Waals surface area contributed by atoms with E-state index < -0.39 is 0 Å². The maximum absolute atomic E-state index is 4.21. The largest absolute Gasteiger partial charge is 0.317 e. The molecule has 1 aromatic carbocycles. The number of rotatable bonds is 8. The molecule has 0 fully saturated rings. The molecule has 0 aliphatic heterocycles. The van der Waals surface area contributed by atoms with Gasteiger partial charge < -0.3 is 5.32 Å². The third-order valence-electron chi connectivity index (χ3n) is 3.53. The van der Waals surface area contributed by atoms with E-state index in [0.29, 0.717) is 0 Å². The molecule has 0 aliphatic carbocycles. The van der Waals surface area contributed by atoms with Gasteiger partial charge in [-0.1, -0.05) is 31.2 Å². The molecule has 0 radical (unpaired) electrons. The highest BCUT2D eigenvalue weighted by Gasteiger charge is 2.03. The van der Waals surface area contributed by atoms with E-state index in [2.05, 4.69) is 59.7 Å². The van der Waals surface area contributed by atoms with Crippen LogP contribution in [0, 0.1) is 0 Å². The number of hydrogen-bond donors (Lipinski definition) is 1. The van der Waals surface area contributed by atoms with Gasteiger partial charge in [-0.05, 0) is 37.7 Å². The lowest BCUT2D eigenvalue weighted by molar-refractivity contribution is 0.319. The molecule has 0 atom stereocenters. The first-order valence-corrected chi connectivity index (χ1v) is 7.62. The molecule has 0 saturated carbocycles. The molecule has 4 nitrogen and oxygen atoms in total. The molecule has 114 valence electrons. The number of hydrogen-bond acceptors (Lipinski definition) is 3. The molecule has 0 spiro atoms. The van der Waals surface area contributed by atoms with Gasteiger partial charge in [-0.25, -0.2) is 0 Å². The molecular formula is C17H26N4. The van der Waals surface area contributed by atoms with Crippen molar-refractivity contribution in [3.63, 3.8) is 0 Å². The highest BCUT2D eigenvalue weighted by molar-refractivity contribution is 5.22. The molecule has 0 aliphatic rings. The van der Waals surface area contributed by atoms with E-state index in [4.69, 9.17) is 0 Å². The fraction of sp³-hybridized carbons (Fsp3) is 0.471. The average Bonchev–Trinajstić information content (AvgIpc) is 2.86. The second-order valence-corrected chi connectivity index (χ2v) is 5.61. The van der Waals surface area contributed by atoms with Gasteiger partial charge >= 0.3 is 0 Å². The summed E-state index contributed by atoms with van der Waals surface area (Å²) < 4.78 is 1.85. The molecule has 2 aromatic rings. The molecule has 1 N–H and O–H groups in total. The lowest BCUT2D eigenvalue weighted by atomic mass is 10.1. The second-order valence-electron chi connectivity index (χ2n) is 5.61. The van der Waals surface area contributed by atoms with Crippen LogP contribution >= 0.6 is 0 Å². The summed E-state index contributed by atoms with van der Waals surface area (Å²) in [6.07, 6.45) is 5.10. The zero-order valence-corrected chi connectivity index (χ0v) is 13.3. The van der Waals surface area contributed by atoms with Gasteiger partial charge in [0.15, 0.2) is 0 Å². The minimum absolute atomic E-state index is 0.927. The molecule has 21 heavy (non-hydrogen) atoms. The Bertz CT molecular complexity index is 530. The SMILES string of the molecule is CCNCCc1ccc(CN(C)Cc2cnn(C)c2)cc1. The van der Waals surface area contributed by atoms with Gasteiger partial charge in [0.05, 0.1) is 6.20 Å². The van der Waals surface area contributed by atoms with Crippen molar-refractivity contribution in [3.05, 3.63) is 53.3 Å². The Hall–Kier alpha value is -1.65. The quantitative estimate of drug-likeness (QED) is 0.755. The van der Waals surface area contributed by atoms with E-state index in [1.807, 2.05) is 17.9 Å². The van der Waals surface area contributed by atoms with Crippen LogP contribution in [0.5, 0.6) is 0 Å². The van der Waals surface area contributed by atoms with E-state index in [0.717, 1.165) is 32.6 Å². The summed E-state index contributed by atoms with van der Waals surface area (Å²) in [7, 11) is 4.10. The van der Waals surface area contributed by atoms with Crippen molar-refractivity contribution < 1.29 is 0 Å². The van der Waals surface area contributed by atoms with Crippen molar-refractivity contribution in [1.29, 1.82) is 0 Å². The van der Waals surface area contributed by atoms with Gasteiger partial charge in [-0.2, -0.15) is 5.10 Å². The first-order valence-electron chi connectivity index (χ1n) is 7.62. The Balaban J connectivity index is 1.82. The molecule has 0 bridgehead atoms. The fourth-order valence-corrected chi connectivity index (χ4v) is 2.45. The van der Waals surface area contributed by atoms with Crippen LogP contribution in [-0.4, -0.2) is 34.8 Å². The molecule has 0 unspecified atom stereocenters. The van der Waals surface area contributed by atoms with E-state index in [1.165, 1.54) is 16.7 Å². The predicted molar refractivity (Wildman–Crippen MR) is 87.1 cm³/mol. The van der Waals surface area contributed by atoms with E-state index >= 15 is 0 Å². The third kappa shape index (κ3) is 5.33. The Morgan fingerprint density at radius 3 is 2.38 bits per heavy atom. The van der Waals surface area contributed by atoms with Crippen LogP contribution in [0.25, 0.3) is 0 Å². The van der Waals surface area contributed by atoms with Crippen LogP contribution in [0.4, 0.5) is 0 Å². The number of nitrogens with zero attached hydrogens (tertiary/aromatic N) is 3. The third-order valence-corrected chi connectivity index (χ3v) is 3.53. The highest BCUT2D eigenvalue weighted by Crippen LogP contribution is 2.09. The summed E-state index contributed by atoms with van der Waals surface area (Å²) >= 11 is 0. The van der Waals surface area contributed by atoms with Crippen LogP contribution < -0.4 is 5.32 Å². The Labute approximate surface area is 127 Å². The molecule has 0 saturated heterocycles. The van der Waals surface area contributed by atoms with Crippen molar-refractivity contribution in [1.82, 2.24) is 20.0 Å². The predicted octanol–water partition coefficient (Wildman–Crippen LogP) is 2.20. The van der Waals surface area contributed by atoms with Crippen LogP contribution in [0.1, 0.15) is 23.6 Å². The number of benzene rings is 1. The van der Waals surface area contributed by atoms with Gasteiger partial charge in [0, 0.05) is 31.9 Å². The average molecular weight is 286 g/mol. The maximum atomic E-state index is 4.21. The summed E-state index contributed by atoms with van der Waals surface area (Å²) in [5, 5.41) is 7.56. The molecule has 1 aromatic heterocycles. The lowest BCUT2D eigenvalue weighted by Gasteiger charge is -2.16. The molecule has 1 heterocycles. The van der Waals surface area contributed by atoms with E-state index in [1.54, 1.807) is 0 Å². The lowest BCUT2D eigenvalue weighted by Crippen LogP contribution is -2.17. The van der Waals surface area contributed by atoms with Gasteiger partial charge in [0.1, 0.15) is 0 Å². The second kappa shape index (κ2) is 7.96. The van der Waals surface area contributed by atoms with Crippen molar-refractivity contribution in [2.45, 2.75) is 26.4 Å². The van der Waals surface area contributed by atoms with Gasteiger partial charge in [-0.3, -0.25) is 9.58 Å². The summed E-state index contributed by atoms with van der Waals surface area (Å²) in [6, 6.07) is 8.96. The molecule has 2 rings (SSSR count). The van der Waals surface area contributed by atoms with Crippen molar-refractivity contribution >= 4 is 0 Å².